The summed E-state index contributed by atoms with van der Waals surface area (Å²) in [6, 6.07) is 0. The molecule has 0 aliphatic heterocycles. The van der Waals surface area contributed by atoms with Crippen LogP contribution < -0.4 is 0 Å². The van der Waals surface area contributed by atoms with Crippen molar-refractivity contribution in [1.29, 1.82) is 0 Å². The lowest BCUT2D eigenvalue weighted by Gasteiger charge is -1.86. The Balaban J connectivity index is 0. The van der Waals surface area contributed by atoms with Gasteiger partial charge >= 0.3 is 0 Å². The Morgan fingerprint density at radius 1 is 1.15 bits per heavy atom. The normalized spacial score (nSPS) is 8.77. The molecular formula is C10H24N2Si. The van der Waals surface area contributed by atoms with Crippen LogP contribution in [-0.4, -0.2) is 18.9 Å². The lowest BCUT2D eigenvalue weighted by atomic mass is 10.2. The van der Waals surface area contributed by atoms with Crippen molar-refractivity contribution in [2.45, 2.75) is 59.5 Å². The Kier molecular flexibility index (Phi) is 13.5. The zero-order valence-corrected chi connectivity index (χ0v) is 11.0. The Labute approximate surface area is 84.6 Å². The van der Waals surface area contributed by atoms with Gasteiger partial charge in [0.1, 0.15) is 0 Å². The van der Waals surface area contributed by atoms with E-state index in [0.717, 1.165) is 5.33 Å². The molecule has 0 aliphatic carbocycles. The van der Waals surface area contributed by atoms with Crippen molar-refractivity contribution in [3.63, 3.8) is 0 Å². The van der Waals surface area contributed by atoms with Gasteiger partial charge in [-0.1, -0.05) is 52.6 Å². The van der Waals surface area contributed by atoms with E-state index in [1.807, 2.05) is 6.92 Å². The molecule has 3 heteroatoms. The van der Waals surface area contributed by atoms with E-state index >= 15 is 0 Å². The molecule has 0 radical (unpaired) electrons. The molecule has 0 bridgehead atoms. The molecule has 0 unspecified atom stereocenters. The van der Waals surface area contributed by atoms with Gasteiger partial charge in [-0.05, 0) is 0 Å². The van der Waals surface area contributed by atoms with Crippen LogP contribution in [0.4, 0.5) is 0 Å². The molecule has 2 nitrogen and oxygen atoms in total. The van der Waals surface area contributed by atoms with E-state index < -0.39 is 8.80 Å². The lowest BCUT2D eigenvalue weighted by molar-refractivity contribution is -0.00158. The molecule has 0 atom stereocenters. The Morgan fingerprint density at radius 3 is 1.62 bits per heavy atom. The first-order valence-corrected chi connectivity index (χ1v) is 8.17. The second kappa shape index (κ2) is 11.6. The van der Waals surface area contributed by atoms with Crippen molar-refractivity contribution in [2.24, 2.45) is 0 Å². The van der Waals surface area contributed by atoms with Crippen molar-refractivity contribution >= 4 is 14.1 Å². The molecule has 0 aromatic heterocycles. The average Bonchev–Trinajstić information content (AvgIpc) is 2.14. The second-order valence-electron chi connectivity index (χ2n) is 3.60. The minimum atomic E-state index is -0.765. The molecule has 0 saturated heterocycles. The van der Waals surface area contributed by atoms with Crippen LogP contribution in [-0.2, 0) is 0 Å². The fourth-order valence-electron chi connectivity index (χ4n) is 0.615. The molecule has 0 aliphatic rings. The molecule has 0 aromatic carbocycles. The predicted molar refractivity (Wildman–Crippen MR) is 63.0 cm³/mol. The number of hydrogen-bond donors (Lipinski definition) is 0. The van der Waals surface area contributed by atoms with Gasteiger partial charge < -0.3 is 5.53 Å². The zero-order valence-electron chi connectivity index (χ0n) is 9.80. The van der Waals surface area contributed by atoms with Gasteiger partial charge in [-0.3, -0.25) is 0 Å². The highest BCUT2D eigenvalue weighted by Gasteiger charge is 2.05. The minimum absolute atomic E-state index is 0.765. The summed E-state index contributed by atoms with van der Waals surface area (Å²) in [5.74, 6) is 0. The SMILES string of the molecule is CC(=[N+]=[N-])[SiH](C)C.CCCCCC. The summed E-state index contributed by atoms with van der Waals surface area (Å²) >= 11 is 0. The highest BCUT2D eigenvalue weighted by Crippen LogP contribution is 1.95. The van der Waals surface area contributed by atoms with Gasteiger partial charge in [-0.25, -0.2) is 0 Å². The molecule has 0 heterocycles. The molecular weight excluding hydrogens is 176 g/mol. The van der Waals surface area contributed by atoms with Gasteiger partial charge in [-0.2, -0.15) is 4.79 Å². The molecule has 0 N–H and O–H groups in total. The molecule has 0 spiro atoms. The summed E-state index contributed by atoms with van der Waals surface area (Å²) in [5.41, 5.74) is 8.13. The number of rotatable bonds is 4. The minimum Gasteiger partial charge on any atom is -0.362 e. The third-order valence-electron chi connectivity index (χ3n) is 1.95. The van der Waals surface area contributed by atoms with Crippen LogP contribution in [0.2, 0.25) is 13.1 Å². The van der Waals surface area contributed by atoms with Crippen molar-refractivity contribution in [1.82, 2.24) is 0 Å². The summed E-state index contributed by atoms with van der Waals surface area (Å²) in [7, 11) is -0.765. The van der Waals surface area contributed by atoms with E-state index in [2.05, 4.69) is 31.7 Å². The van der Waals surface area contributed by atoms with Gasteiger partial charge in [0.05, 0.1) is 0 Å². The maximum Gasteiger partial charge on any atom is 0.230 e. The molecule has 0 aromatic rings. The van der Waals surface area contributed by atoms with E-state index in [0.29, 0.717) is 0 Å². The molecule has 0 fully saturated rings. The van der Waals surface area contributed by atoms with E-state index in [9.17, 15) is 0 Å². The van der Waals surface area contributed by atoms with Gasteiger partial charge in [0.15, 0.2) is 8.80 Å². The topological polar surface area (TPSA) is 36.4 Å². The Bertz CT molecular complexity index is 145. The molecule has 0 saturated carbocycles. The zero-order chi connectivity index (χ0) is 10.7. The first kappa shape index (κ1) is 15.1. The smallest absolute Gasteiger partial charge is 0.230 e. The van der Waals surface area contributed by atoms with Crippen LogP contribution in [0.25, 0.3) is 5.53 Å². The largest absolute Gasteiger partial charge is 0.362 e. The number of nitrogens with zero attached hydrogens (tertiary/aromatic N) is 2. The van der Waals surface area contributed by atoms with Crippen LogP contribution >= 0.6 is 0 Å². The van der Waals surface area contributed by atoms with Crippen LogP contribution in [0.1, 0.15) is 46.5 Å². The van der Waals surface area contributed by atoms with Crippen LogP contribution in [0, 0.1) is 0 Å². The van der Waals surface area contributed by atoms with Crippen LogP contribution in [0.5, 0.6) is 0 Å². The molecule has 13 heavy (non-hydrogen) atoms. The molecule has 0 amide bonds. The summed E-state index contributed by atoms with van der Waals surface area (Å²) in [4.78, 5) is 3.07. The lowest BCUT2D eigenvalue weighted by Crippen LogP contribution is -2.14. The highest BCUT2D eigenvalue weighted by molar-refractivity contribution is 6.87. The van der Waals surface area contributed by atoms with Crippen molar-refractivity contribution in [2.75, 3.05) is 0 Å². The average molecular weight is 200 g/mol. The highest BCUT2D eigenvalue weighted by atomic mass is 28.3. The van der Waals surface area contributed by atoms with Crippen LogP contribution in [0.3, 0.4) is 0 Å². The third kappa shape index (κ3) is 14.5. The quantitative estimate of drug-likeness (QED) is 0.219. The van der Waals surface area contributed by atoms with Crippen molar-refractivity contribution in [3.05, 3.63) is 5.53 Å². The summed E-state index contributed by atoms with van der Waals surface area (Å²) in [6.07, 6.45) is 5.54. The van der Waals surface area contributed by atoms with E-state index in [1.54, 1.807) is 0 Å². The van der Waals surface area contributed by atoms with E-state index in [1.165, 1.54) is 25.7 Å². The number of unbranched alkanes of at least 4 members (excludes halogenated alkanes) is 3. The summed E-state index contributed by atoms with van der Waals surface area (Å²) < 4.78 is 0. The Morgan fingerprint density at radius 2 is 1.54 bits per heavy atom. The van der Waals surface area contributed by atoms with Gasteiger partial charge in [0, 0.05) is 6.92 Å². The maximum atomic E-state index is 8.13. The first-order chi connectivity index (χ1) is 6.09. The first-order valence-electron chi connectivity index (χ1n) is 5.28. The fraction of sp³-hybridized carbons (Fsp3) is 0.900. The Hall–Kier alpha value is -0.403. The summed E-state index contributed by atoms with van der Waals surface area (Å²) in [6.45, 7) is 10.6. The van der Waals surface area contributed by atoms with Crippen LogP contribution in [0.15, 0.2) is 0 Å². The second-order valence-corrected chi connectivity index (χ2v) is 6.75. The monoisotopic (exact) mass is 200 g/mol. The van der Waals surface area contributed by atoms with E-state index in [4.69, 9.17) is 5.53 Å². The van der Waals surface area contributed by atoms with Gasteiger partial charge in [0.25, 0.3) is 0 Å². The van der Waals surface area contributed by atoms with Crippen molar-refractivity contribution < 1.29 is 4.79 Å². The van der Waals surface area contributed by atoms with Gasteiger partial charge in [-0.15, -0.1) is 0 Å². The molecule has 78 valence electrons. The fourth-order valence-corrected chi connectivity index (χ4v) is 0.846. The van der Waals surface area contributed by atoms with Crippen molar-refractivity contribution in [3.8, 4) is 0 Å². The third-order valence-corrected chi connectivity index (χ3v) is 3.74. The van der Waals surface area contributed by atoms with Gasteiger partial charge in [0.2, 0.25) is 5.33 Å². The maximum absolute atomic E-state index is 8.13. The van der Waals surface area contributed by atoms with E-state index in [-0.39, 0.29) is 0 Å². The summed E-state index contributed by atoms with van der Waals surface area (Å²) in [5, 5.41) is 0.917. The standard InChI is InChI=1S/C6H14.C4H10N2Si/c1-3-5-6-4-2;1-4(6-5)7(2)3/h3-6H2,1-2H3;7H,1-3H3. The predicted octanol–water partition coefficient (Wildman–Crippen LogP) is 3.29. The molecule has 0 rings (SSSR count). The number of hydrogen-bond acceptors (Lipinski definition) is 0.